The van der Waals surface area contributed by atoms with E-state index in [2.05, 4.69) is 10.4 Å². The zero-order valence-electron chi connectivity index (χ0n) is 16.6. The van der Waals surface area contributed by atoms with Crippen molar-refractivity contribution in [1.82, 2.24) is 9.78 Å². The molecule has 1 N–H and O–H groups in total. The van der Waals surface area contributed by atoms with Gasteiger partial charge in [-0.3, -0.25) is 9.59 Å². The lowest BCUT2D eigenvalue weighted by atomic mass is 10.2. The summed E-state index contributed by atoms with van der Waals surface area (Å²) in [6.45, 7) is 3.49. The molecule has 7 nitrogen and oxygen atoms in total. The number of thiophene rings is 1. The largest absolute Gasteiger partial charge is 0.461 e. The summed E-state index contributed by atoms with van der Waals surface area (Å²) in [7, 11) is 0. The van der Waals surface area contributed by atoms with E-state index in [1.165, 1.54) is 5.38 Å². The number of carbonyl (C=O) groups excluding carboxylic acids is 2. The van der Waals surface area contributed by atoms with Crippen molar-refractivity contribution in [2.75, 3.05) is 11.9 Å². The number of anilines is 1. The van der Waals surface area contributed by atoms with Crippen molar-refractivity contribution < 1.29 is 27.5 Å². The molecule has 0 fully saturated rings. The van der Waals surface area contributed by atoms with Gasteiger partial charge in [0.15, 0.2) is 5.69 Å². The van der Waals surface area contributed by atoms with Gasteiger partial charge in [0, 0.05) is 17.2 Å². The minimum atomic E-state index is -4.54. The Morgan fingerprint density at radius 3 is 2.45 bits per heavy atom. The Hall–Kier alpha value is -3.21. The number of nitrogens with one attached hydrogen (secondary N) is 1. The molecule has 11 heteroatoms. The quantitative estimate of drug-likeness (QED) is 0.560. The van der Waals surface area contributed by atoms with E-state index in [9.17, 15) is 27.6 Å². The number of benzene rings is 1. The summed E-state index contributed by atoms with van der Waals surface area (Å²) in [5.74, 6) is -1.10. The van der Waals surface area contributed by atoms with Crippen molar-refractivity contribution in [3.05, 3.63) is 51.3 Å². The van der Waals surface area contributed by atoms with E-state index in [0.717, 1.165) is 40.3 Å². The van der Waals surface area contributed by atoms with E-state index in [0.29, 0.717) is 6.42 Å². The molecule has 3 rings (SSSR count). The van der Waals surface area contributed by atoms with E-state index < -0.39 is 23.3 Å². The summed E-state index contributed by atoms with van der Waals surface area (Å²) in [4.78, 5) is 37.6. The number of fused-ring (bicyclic) bond motifs is 1. The molecule has 0 spiro atoms. The van der Waals surface area contributed by atoms with Gasteiger partial charge in [0.1, 0.15) is 5.00 Å². The topological polar surface area (TPSA) is 90.3 Å². The number of hydrogen-bond acceptors (Lipinski definition) is 6. The lowest BCUT2D eigenvalue weighted by Crippen LogP contribution is -2.25. The summed E-state index contributed by atoms with van der Waals surface area (Å²) in [6.07, 6.45) is -3.70. The minimum absolute atomic E-state index is 0.0301. The monoisotopic (exact) mass is 453 g/mol. The van der Waals surface area contributed by atoms with E-state index in [-0.39, 0.29) is 46.1 Å². The molecule has 2 heterocycles. The number of alkyl halides is 3. The second-order valence-corrected chi connectivity index (χ2v) is 7.36. The van der Waals surface area contributed by atoms with Crippen molar-refractivity contribution in [3.63, 3.8) is 0 Å². The van der Waals surface area contributed by atoms with Crippen LogP contribution in [-0.2, 0) is 15.7 Å². The number of nitrogens with zero attached hydrogens (tertiary/aromatic N) is 2. The summed E-state index contributed by atoms with van der Waals surface area (Å²) in [6, 6.07) is 3.80. The molecule has 0 saturated heterocycles. The summed E-state index contributed by atoms with van der Waals surface area (Å²) in [5.41, 5.74) is -1.72. The number of aromatic nitrogens is 2. The van der Waals surface area contributed by atoms with Crippen LogP contribution in [0.2, 0.25) is 0 Å². The molecule has 0 atom stereocenters. The predicted octanol–water partition coefficient (Wildman–Crippen LogP) is 4.38. The highest BCUT2D eigenvalue weighted by atomic mass is 32.1. The second kappa shape index (κ2) is 8.88. The highest BCUT2D eigenvalue weighted by Crippen LogP contribution is 2.32. The average Bonchev–Trinajstić information content (AvgIpc) is 3.12. The number of halogens is 3. The fourth-order valence-electron chi connectivity index (χ4n) is 2.87. The predicted molar refractivity (Wildman–Crippen MR) is 110 cm³/mol. The summed E-state index contributed by atoms with van der Waals surface area (Å²) < 4.78 is 44.5. The van der Waals surface area contributed by atoms with Crippen LogP contribution in [-0.4, -0.2) is 28.3 Å². The molecule has 0 bridgehead atoms. The van der Waals surface area contributed by atoms with Crippen LogP contribution in [0.3, 0.4) is 0 Å². The van der Waals surface area contributed by atoms with Crippen molar-refractivity contribution in [3.8, 4) is 5.69 Å². The van der Waals surface area contributed by atoms with Crippen LogP contribution in [0.4, 0.5) is 18.2 Å². The van der Waals surface area contributed by atoms with E-state index >= 15 is 0 Å². The van der Waals surface area contributed by atoms with Gasteiger partial charge >= 0.3 is 12.1 Å². The molecule has 1 amide bonds. The van der Waals surface area contributed by atoms with Crippen LogP contribution in [0.1, 0.15) is 42.7 Å². The fourth-order valence-corrected chi connectivity index (χ4v) is 3.83. The van der Waals surface area contributed by atoms with Gasteiger partial charge in [0.2, 0.25) is 5.91 Å². The zero-order valence-corrected chi connectivity index (χ0v) is 17.4. The SMILES string of the molecule is CCCC(=O)Nc1scc2c(C(=O)OCC)nn(-c3ccc(C(F)(F)F)cc3)c(=O)c12. The van der Waals surface area contributed by atoms with Crippen LogP contribution >= 0.6 is 11.3 Å². The fraction of sp³-hybridized carbons (Fsp3) is 0.300. The molecule has 0 radical (unpaired) electrons. The molecular weight excluding hydrogens is 435 g/mol. The highest BCUT2D eigenvalue weighted by molar-refractivity contribution is 7.16. The Kier molecular flexibility index (Phi) is 6.44. The summed E-state index contributed by atoms with van der Waals surface area (Å²) in [5, 5.41) is 8.67. The van der Waals surface area contributed by atoms with E-state index in [1.807, 2.05) is 6.92 Å². The maximum atomic E-state index is 13.1. The molecule has 164 valence electrons. The standard InChI is InChI=1S/C20H18F3N3O4S/c1-3-5-14(27)24-17-15-13(10-31-17)16(19(29)30-4-2)25-26(18(15)28)12-8-6-11(7-9-12)20(21,22)23/h6-10H,3-5H2,1-2H3,(H,24,27). The molecule has 0 aliphatic carbocycles. The first-order chi connectivity index (χ1) is 14.7. The third kappa shape index (κ3) is 4.61. The van der Waals surface area contributed by atoms with Crippen molar-refractivity contribution in [2.24, 2.45) is 0 Å². The maximum absolute atomic E-state index is 13.1. The van der Waals surface area contributed by atoms with Crippen LogP contribution in [0.25, 0.3) is 16.5 Å². The molecule has 2 aromatic heterocycles. The molecule has 1 aromatic carbocycles. The van der Waals surface area contributed by atoms with Crippen LogP contribution in [0, 0.1) is 0 Å². The smallest absolute Gasteiger partial charge is 0.416 e. The number of rotatable bonds is 6. The molecule has 0 aliphatic heterocycles. The van der Waals surface area contributed by atoms with Gasteiger partial charge in [-0.05, 0) is 37.6 Å². The van der Waals surface area contributed by atoms with Gasteiger partial charge in [-0.25, -0.2) is 4.79 Å². The Bertz CT molecular complexity index is 1180. The molecule has 0 aliphatic rings. The Morgan fingerprint density at radius 1 is 1.19 bits per heavy atom. The van der Waals surface area contributed by atoms with Gasteiger partial charge < -0.3 is 10.1 Å². The number of amides is 1. The summed E-state index contributed by atoms with van der Waals surface area (Å²) >= 11 is 1.05. The number of ether oxygens (including phenoxy) is 1. The van der Waals surface area contributed by atoms with Gasteiger partial charge in [-0.15, -0.1) is 11.3 Å². The van der Waals surface area contributed by atoms with Crippen molar-refractivity contribution in [1.29, 1.82) is 0 Å². The molecule has 0 saturated carbocycles. The van der Waals surface area contributed by atoms with Crippen LogP contribution < -0.4 is 10.9 Å². The Balaban J connectivity index is 2.21. The zero-order chi connectivity index (χ0) is 22.8. The van der Waals surface area contributed by atoms with Gasteiger partial charge in [-0.1, -0.05) is 6.92 Å². The minimum Gasteiger partial charge on any atom is -0.461 e. The molecule has 0 unspecified atom stereocenters. The van der Waals surface area contributed by atoms with Crippen molar-refractivity contribution in [2.45, 2.75) is 32.9 Å². The lowest BCUT2D eigenvalue weighted by molar-refractivity contribution is -0.137. The molecule has 3 aromatic rings. The third-order valence-electron chi connectivity index (χ3n) is 4.29. The van der Waals surface area contributed by atoms with Crippen molar-refractivity contribution >= 4 is 39.0 Å². The third-order valence-corrected chi connectivity index (χ3v) is 5.19. The van der Waals surface area contributed by atoms with E-state index in [1.54, 1.807) is 6.92 Å². The number of hydrogen-bond donors (Lipinski definition) is 1. The highest BCUT2D eigenvalue weighted by Gasteiger charge is 2.30. The van der Waals surface area contributed by atoms with Gasteiger partial charge in [0.05, 0.1) is 23.2 Å². The first-order valence-electron chi connectivity index (χ1n) is 9.36. The lowest BCUT2D eigenvalue weighted by Gasteiger charge is -2.11. The molecular formula is C20H18F3N3O4S. The Morgan fingerprint density at radius 2 is 1.87 bits per heavy atom. The maximum Gasteiger partial charge on any atom is 0.416 e. The van der Waals surface area contributed by atoms with E-state index in [4.69, 9.17) is 4.74 Å². The number of esters is 1. The number of carbonyl (C=O) groups is 2. The first kappa shape index (κ1) is 22.5. The second-order valence-electron chi connectivity index (χ2n) is 6.48. The normalized spacial score (nSPS) is 11.5. The van der Waals surface area contributed by atoms with Gasteiger partial charge in [-0.2, -0.15) is 23.0 Å². The first-order valence-corrected chi connectivity index (χ1v) is 10.2. The Labute approximate surface area is 178 Å². The average molecular weight is 453 g/mol. The molecule has 31 heavy (non-hydrogen) atoms. The van der Waals surface area contributed by atoms with Gasteiger partial charge in [0.25, 0.3) is 5.56 Å². The van der Waals surface area contributed by atoms with Crippen LogP contribution in [0.15, 0.2) is 34.4 Å². The van der Waals surface area contributed by atoms with Crippen LogP contribution in [0.5, 0.6) is 0 Å².